The van der Waals surface area contributed by atoms with Crippen molar-refractivity contribution in [3.05, 3.63) is 0 Å². The van der Waals surface area contributed by atoms with Crippen molar-refractivity contribution in [1.82, 2.24) is 5.32 Å². The predicted molar refractivity (Wildman–Crippen MR) is 96.2 cm³/mol. The summed E-state index contributed by atoms with van der Waals surface area (Å²) in [6, 6.07) is 1.06. The number of rotatable bonds is 8. The molecule has 0 radical (unpaired) electrons. The van der Waals surface area contributed by atoms with Gasteiger partial charge in [-0.05, 0) is 44.6 Å². The standard InChI is InChI=1S/C11H25O3PSi.C4H11N/c1-12-11(8-6-9-15)7-4-5-10-16(11,13-2)14-3;1-3-5-4-2/h4-10,15H2,1-3H3;5H,3-4H2,1-2H3. The van der Waals surface area contributed by atoms with Crippen molar-refractivity contribution in [3.8, 4) is 0 Å². The van der Waals surface area contributed by atoms with Crippen molar-refractivity contribution in [1.29, 1.82) is 0 Å². The average molecular weight is 338 g/mol. The van der Waals surface area contributed by atoms with Gasteiger partial charge in [-0.25, -0.2) is 0 Å². The van der Waals surface area contributed by atoms with Crippen molar-refractivity contribution in [2.24, 2.45) is 0 Å². The summed E-state index contributed by atoms with van der Waals surface area (Å²) < 4.78 is 17.5. The van der Waals surface area contributed by atoms with Crippen LogP contribution in [0.25, 0.3) is 0 Å². The molecule has 1 heterocycles. The summed E-state index contributed by atoms with van der Waals surface area (Å²) in [6.45, 7) is 6.39. The summed E-state index contributed by atoms with van der Waals surface area (Å²) in [7, 11) is 5.99. The molecule has 1 fully saturated rings. The van der Waals surface area contributed by atoms with Crippen LogP contribution in [0.2, 0.25) is 6.04 Å². The number of ether oxygens (including phenoxy) is 1. The Bertz CT molecular complexity index is 253. The first-order valence-corrected chi connectivity index (χ1v) is 11.0. The zero-order valence-electron chi connectivity index (χ0n) is 14.7. The van der Waals surface area contributed by atoms with E-state index in [-0.39, 0.29) is 5.22 Å². The lowest BCUT2D eigenvalue weighted by Crippen LogP contribution is -2.64. The normalized spacial score (nSPS) is 24.3. The molecule has 1 rings (SSSR count). The number of methoxy groups -OCH3 is 1. The zero-order chi connectivity index (χ0) is 16.2. The van der Waals surface area contributed by atoms with Gasteiger partial charge in [-0.3, -0.25) is 0 Å². The van der Waals surface area contributed by atoms with Crippen molar-refractivity contribution >= 4 is 17.8 Å². The van der Waals surface area contributed by atoms with Gasteiger partial charge in [-0.15, -0.1) is 9.24 Å². The van der Waals surface area contributed by atoms with Gasteiger partial charge >= 0.3 is 8.56 Å². The number of nitrogens with one attached hydrogen (secondary N) is 1. The quantitative estimate of drug-likeness (QED) is 0.546. The third kappa shape index (κ3) is 5.89. The number of hydrogen-bond donors (Lipinski definition) is 1. The Kier molecular flexibility index (Phi) is 12.3. The van der Waals surface area contributed by atoms with E-state index in [0.29, 0.717) is 0 Å². The molecule has 0 amide bonds. The second kappa shape index (κ2) is 12.0. The lowest BCUT2D eigenvalue weighted by molar-refractivity contribution is -0.0147. The Morgan fingerprint density at radius 1 is 1.10 bits per heavy atom. The molecule has 0 aromatic heterocycles. The summed E-state index contributed by atoms with van der Waals surface area (Å²) in [6.07, 6.45) is 6.85. The van der Waals surface area contributed by atoms with Gasteiger partial charge in [0.1, 0.15) is 5.22 Å². The van der Waals surface area contributed by atoms with Crippen LogP contribution in [-0.4, -0.2) is 54.4 Å². The minimum Gasteiger partial charge on any atom is -0.396 e. The Labute approximate surface area is 135 Å². The molecule has 128 valence electrons. The molecule has 0 bridgehead atoms. The van der Waals surface area contributed by atoms with E-state index in [1.807, 2.05) is 7.11 Å². The van der Waals surface area contributed by atoms with E-state index in [1.54, 1.807) is 14.2 Å². The lowest BCUT2D eigenvalue weighted by atomic mass is 10.1. The molecule has 0 aromatic carbocycles. The fraction of sp³-hybridized carbons (Fsp3) is 1.00. The Morgan fingerprint density at radius 2 is 1.71 bits per heavy atom. The zero-order valence-corrected chi connectivity index (χ0v) is 16.8. The summed E-state index contributed by atoms with van der Waals surface area (Å²) in [4.78, 5) is 0. The van der Waals surface area contributed by atoms with Crippen molar-refractivity contribution in [2.75, 3.05) is 40.6 Å². The maximum absolute atomic E-state index is 5.88. The van der Waals surface area contributed by atoms with Crippen molar-refractivity contribution in [2.45, 2.75) is 57.2 Å². The summed E-state index contributed by atoms with van der Waals surface area (Å²) >= 11 is 0. The lowest BCUT2D eigenvalue weighted by Gasteiger charge is -2.48. The first-order chi connectivity index (χ1) is 10.1. The first kappa shape index (κ1) is 21.5. The van der Waals surface area contributed by atoms with E-state index < -0.39 is 8.56 Å². The Hall–Kier alpha value is 0.487. The third-order valence-corrected chi connectivity index (χ3v) is 9.20. The van der Waals surface area contributed by atoms with Crippen LogP contribution in [0.5, 0.6) is 0 Å². The first-order valence-electron chi connectivity index (χ1n) is 8.18. The van der Waals surface area contributed by atoms with Crippen molar-refractivity contribution in [3.63, 3.8) is 0 Å². The van der Waals surface area contributed by atoms with Crippen LogP contribution in [0.4, 0.5) is 0 Å². The van der Waals surface area contributed by atoms with E-state index in [4.69, 9.17) is 13.6 Å². The van der Waals surface area contributed by atoms with Crippen LogP contribution < -0.4 is 5.32 Å². The highest BCUT2D eigenvalue weighted by Crippen LogP contribution is 2.42. The molecule has 6 heteroatoms. The summed E-state index contributed by atoms with van der Waals surface area (Å²) in [5.74, 6) is 0. The molecule has 0 spiro atoms. The number of hydrogen-bond acceptors (Lipinski definition) is 4. The molecule has 21 heavy (non-hydrogen) atoms. The molecular weight excluding hydrogens is 301 g/mol. The summed E-state index contributed by atoms with van der Waals surface area (Å²) in [5.41, 5.74) is 0. The maximum Gasteiger partial charge on any atom is 0.370 e. The molecule has 1 saturated heterocycles. The van der Waals surface area contributed by atoms with Gasteiger partial charge in [-0.1, -0.05) is 26.7 Å². The maximum atomic E-state index is 5.88. The molecule has 4 nitrogen and oxygen atoms in total. The molecule has 1 aliphatic heterocycles. The average Bonchev–Trinajstić information content (AvgIpc) is 2.54. The van der Waals surface area contributed by atoms with Gasteiger partial charge in [-0.2, -0.15) is 0 Å². The highest BCUT2D eigenvalue weighted by atomic mass is 31.0. The highest BCUT2D eigenvalue weighted by molar-refractivity contribution is 7.16. The van der Waals surface area contributed by atoms with E-state index in [0.717, 1.165) is 44.6 Å². The van der Waals surface area contributed by atoms with E-state index in [2.05, 4.69) is 28.4 Å². The molecule has 1 aliphatic rings. The highest BCUT2D eigenvalue weighted by Gasteiger charge is 2.58. The third-order valence-electron chi connectivity index (χ3n) is 4.37. The van der Waals surface area contributed by atoms with Gasteiger partial charge in [0, 0.05) is 21.3 Å². The van der Waals surface area contributed by atoms with Crippen LogP contribution in [0, 0.1) is 0 Å². The Balaban J connectivity index is 0.000000690. The molecule has 0 aromatic rings. The molecule has 2 atom stereocenters. The van der Waals surface area contributed by atoms with Gasteiger partial charge < -0.3 is 18.9 Å². The predicted octanol–water partition coefficient (Wildman–Crippen LogP) is 3.10. The van der Waals surface area contributed by atoms with E-state index in [9.17, 15) is 0 Å². The molecule has 0 aliphatic carbocycles. The van der Waals surface area contributed by atoms with Crippen LogP contribution in [-0.2, 0) is 13.6 Å². The minimum atomic E-state index is -2.18. The van der Waals surface area contributed by atoms with Gasteiger partial charge in [0.15, 0.2) is 0 Å². The van der Waals surface area contributed by atoms with Crippen LogP contribution in [0.15, 0.2) is 0 Å². The smallest absolute Gasteiger partial charge is 0.370 e. The second-order valence-corrected chi connectivity index (χ2v) is 9.73. The van der Waals surface area contributed by atoms with Crippen molar-refractivity contribution < 1.29 is 13.6 Å². The van der Waals surface area contributed by atoms with E-state index in [1.165, 1.54) is 12.8 Å². The molecule has 1 N–H and O–H groups in total. The van der Waals surface area contributed by atoms with Gasteiger partial charge in [0.25, 0.3) is 0 Å². The summed E-state index contributed by atoms with van der Waals surface area (Å²) in [5, 5.41) is 2.98. The second-order valence-electron chi connectivity index (χ2n) is 5.42. The topological polar surface area (TPSA) is 39.7 Å². The Morgan fingerprint density at radius 3 is 2.10 bits per heavy atom. The fourth-order valence-corrected chi connectivity index (χ4v) is 7.28. The van der Waals surface area contributed by atoms with Gasteiger partial charge in [0.2, 0.25) is 0 Å². The molecular formula is C15H36NO3PSi. The molecule has 2 unspecified atom stereocenters. The fourth-order valence-electron chi connectivity index (χ4n) is 3.16. The molecule has 0 saturated carbocycles. The monoisotopic (exact) mass is 337 g/mol. The van der Waals surface area contributed by atoms with Crippen LogP contribution >= 0.6 is 9.24 Å². The van der Waals surface area contributed by atoms with E-state index >= 15 is 0 Å². The van der Waals surface area contributed by atoms with Crippen LogP contribution in [0.3, 0.4) is 0 Å². The SMILES string of the molecule is CCNCC.COC1(CCCP)CCCC[Si]1(OC)OC. The largest absolute Gasteiger partial charge is 0.396 e. The van der Waals surface area contributed by atoms with Gasteiger partial charge in [0.05, 0.1) is 0 Å². The minimum absolute atomic E-state index is 0.134. The van der Waals surface area contributed by atoms with Crippen LogP contribution in [0.1, 0.15) is 46.0 Å².